The van der Waals surface area contributed by atoms with Crippen molar-refractivity contribution in [2.45, 2.75) is 20.3 Å². The van der Waals surface area contributed by atoms with Crippen LogP contribution in [-0.2, 0) is 6.42 Å². The minimum absolute atomic E-state index is 0.643. The second-order valence-electron chi connectivity index (χ2n) is 5.65. The monoisotopic (exact) mass is 261 g/mol. The molecular weight excluding hydrogens is 242 g/mol. The van der Waals surface area contributed by atoms with Crippen LogP contribution in [0.4, 0.5) is 0 Å². The third-order valence-corrected chi connectivity index (χ3v) is 3.50. The van der Waals surface area contributed by atoms with Gasteiger partial charge in [0.15, 0.2) is 0 Å². The zero-order valence-corrected chi connectivity index (χ0v) is 12.0. The van der Waals surface area contributed by atoms with Crippen LogP contribution in [0.25, 0.3) is 22.2 Å². The van der Waals surface area contributed by atoms with E-state index < -0.39 is 0 Å². The zero-order valence-electron chi connectivity index (χ0n) is 12.0. The normalized spacial score (nSPS) is 11.2. The number of fused-ring (bicyclic) bond motifs is 1. The topological polar surface area (TPSA) is 12.9 Å². The summed E-state index contributed by atoms with van der Waals surface area (Å²) in [5.74, 6) is 0.643. The van der Waals surface area contributed by atoms with Crippen molar-refractivity contribution >= 4 is 10.9 Å². The number of hydrogen-bond donors (Lipinski definition) is 0. The summed E-state index contributed by atoms with van der Waals surface area (Å²) >= 11 is 0. The molecule has 0 aliphatic heterocycles. The van der Waals surface area contributed by atoms with Gasteiger partial charge in [0.25, 0.3) is 0 Å². The van der Waals surface area contributed by atoms with Gasteiger partial charge >= 0.3 is 0 Å². The lowest BCUT2D eigenvalue weighted by atomic mass is 9.97. The Bertz CT molecular complexity index is 714. The summed E-state index contributed by atoms with van der Waals surface area (Å²) < 4.78 is 0. The summed E-state index contributed by atoms with van der Waals surface area (Å²) in [4.78, 5) is 4.81. The molecule has 20 heavy (non-hydrogen) atoms. The summed E-state index contributed by atoms with van der Waals surface area (Å²) in [5.41, 5.74) is 4.73. The molecule has 1 nitrogen and oxygen atoms in total. The lowest BCUT2D eigenvalue weighted by Gasteiger charge is -2.11. The standard InChI is InChI=1S/C19H19N/c1-14(2)12-16-13-19(15-8-4-3-5-9-15)20-18-11-7-6-10-17(16)18/h3-11,13-14H,12H2,1-2H3. The van der Waals surface area contributed by atoms with Crippen molar-refractivity contribution < 1.29 is 0 Å². The maximum absolute atomic E-state index is 4.81. The van der Waals surface area contributed by atoms with Gasteiger partial charge in [-0.15, -0.1) is 0 Å². The van der Waals surface area contributed by atoms with Crippen molar-refractivity contribution in [3.8, 4) is 11.3 Å². The molecule has 0 bridgehead atoms. The van der Waals surface area contributed by atoms with Crippen molar-refractivity contribution in [1.29, 1.82) is 0 Å². The van der Waals surface area contributed by atoms with Gasteiger partial charge in [-0.1, -0.05) is 62.4 Å². The molecule has 2 aromatic carbocycles. The zero-order chi connectivity index (χ0) is 13.9. The van der Waals surface area contributed by atoms with E-state index in [4.69, 9.17) is 4.98 Å². The summed E-state index contributed by atoms with van der Waals surface area (Å²) in [6.45, 7) is 4.52. The van der Waals surface area contributed by atoms with Crippen molar-refractivity contribution in [3.05, 3.63) is 66.2 Å². The van der Waals surface area contributed by atoms with Crippen molar-refractivity contribution in [2.75, 3.05) is 0 Å². The molecule has 1 aromatic heterocycles. The molecule has 0 radical (unpaired) electrons. The van der Waals surface area contributed by atoms with E-state index in [1.807, 2.05) is 6.07 Å². The quantitative estimate of drug-likeness (QED) is 0.639. The molecular formula is C19H19N. The van der Waals surface area contributed by atoms with E-state index in [-0.39, 0.29) is 0 Å². The Morgan fingerprint density at radius 1 is 0.900 bits per heavy atom. The number of para-hydroxylation sites is 1. The van der Waals surface area contributed by atoms with Gasteiger partial charge in [0.1, 0.15) is 0 Å². The third kappa shape index (κ3) is 2.57. The number of nitrogens with zero attached hydrogens (tertiary/aromatic N) is 1. The molecule has 0 N–H and O–H groups in total. The van der Waals surface area contributed by atoms with Crippen molar-refractivity contribution in [1.82, 2.24) is 4.98 Å². The smallest absolute Gasteiger partial charge is 0.0712 e. The van der Waals surface area contributed by atoms with Gasteiger partial charge in [0.2, 0.25) is 0 Å². The van der Waals surface area contributed by atoms with Crippen molar-refractivity contribution in [2.24, 2.45) is 5.92 Å². The van der Waals surface area contributed by atoms with Crippen LogP contribution in [0, 0.1) is 5.92 Å². The van der Waals surface area contributed by atoms with Crippen LogP contribution in [0.2, 0.25) is 0 Å². The van der Waals surface area contributed by atoms with Gasteiger partial charge in [-0.05, 0) is 30.0 Å². The third-order valence-electron chi connectivity index (χ3n) is 3.50. The Balaban J connectivity index is 2.20. The lowest BCUT2D eigenvalue weighted by Crippen LogP contribution is -1.97. The van der Waals surface area contributed by atoms with Crippen LogP contribution in [0.1, 0.15) is 19.4 Å². The highest BCUT2D eigenvalue weighted by Gasteiger charge is 2.08. The second kappa shape index (κ2) is 5.46. The largest absolute Gasteiger partial charge is 0.248 e. The molecule has 0 fully saturated rings. The Morgan fingerprint density at radius 3 is 2.35 bits per heavy atom. The fraction of sp³-hybridized carbons (Fsp3) is 0.211. The van der Waals surface area contributed by atoms with Gasteiger partial charge in [0.05, 0.1) is 11.2 Å². The number of hydrogen-bond acceptors (Lipinski definition) is 1. The molecule has 100 valence electrons. The van der Waals surface area contributed by atoms with Crippen LogP contribution < -0.4 is 0 Å². The Kier molecular flexibility index (Phi) is 3.51. The molecule has 1 heteroatoms. The molecule has 0 aliphatic rings. The Labute approximate surface area is 120 Å². The first-order chi connectivity index (χ1) is 9.74. The van der Waals surface area contributed by atoms with E-state index in [0.717, 1.165) is 17.6 Å². The Morgan fingerprint density at radius 2 is 1.60 bits per heavy atom. The minimum Gasteiger partial charge on any atom is -0.248 e. The lowest BCUT2D eigenvalue weighted by molar-refractivity contribution is 0.650. The average Bonchev–Trinajstić information content (AvgIpc) is 2.47. The number of pyridine rings is 1. The number of benzene rings is 2. The maximum Gasteiger partial charge on any atom is 0.0712 e. The number of aromatic nitrogens is 1. The summed E-state index contributed by atoms with van der Waals surface area (Å²) in [6.07, 6.45) is 1.09. The van der Waals surface area contributed by atoms with Gasteiger partial charge in [-0.25, -0.2) is 4.98 Å². The predicted octanol–water partition coefficient (Wildman–Crippen LogP) is 5.10. The van der Waals surface area contributed by atoms with E-state index in [0.29, 0.717) is 5.92 Å². The average molecular weight is 261 g/mol. The highest BCUT2D eigenvalue weighted by Crippen LogP contribution is 2.26. The van der Waals surface area contributed by atoms with Crippen molar-refractivity contribution in [3.63, 3.8) is 0 Å². The molecule has 0 spiro atoms. The van der Waals surface area contributed by atoms with Gasteiger partial charge < -0.3 is 0 Å². The SMILES string of the molecule is CC(C)Cc1cc(-c2ccccc2)nc2ccccc12. The molecule has 3 rings (SSSR count). The van der Waals surface area contributed by atoms with E-state index in [1.165, 1.54) is 16.5 Å². The van der Waals surface area contributed by atoms with Gasteiger partial charge in [-0.2, -0.15) is 0 Å². The molecule has 0 saturated carbocycles. The highest BCUT2D eigenvalue weighted by atomic mass is 14.7. The first-order valence-electron chi connectivity index (χ1n) is 7.18. The first-order valence-corrected chi connectivity index (χ1v) is 7.18. The predicted molar refractivity (Wildman–Crippen MR) is 85.7 cm³/mol. The molecule has 0 atom stereocenters. The second-order valence-corrected chi connectivity index (χ2v) is 5.65. The van der Waals surface area contributed by atoms with Gasteiger partial charge in [0, 0.05) is 10.9 Å². The number of rotatable bonds is 3. The van der Waals surface area contributed by atoms with Crippen LogP contribution in [0.5, 0.6) is 0 Å². The van der Waals surface area contributed by atoms with Gasteiger partial charge in [-0.3, -0.25) is 0 Å². The highest BCUT2D eigenvalue weighted by molar-refractivity contribution is 5.85. The molecule has 0 aliphatic carbocycles. The summed E-state index contributed by atoms with van der Waals surface area (Å²) in [5, 5.41) is 1.28. The van der Waals surface area contributed by atoms with E-state index in [2.05, 4.69) is 68.4 Å². The first kappa shape index (κ1) is 12.9. The Hall–Kier alpha value is -2.15. The summed E-state index contributed by atoms with van der Waals surface area (Å²) in [6, 6.07) is 21.1. The van der Waals surface area contributed by atoms with E-state index in [9.17, 15) is 0 Å². The molecule has 3 aromatic rings. The van der Waals surface area contributed by atoms with E-state index in [1.54, 1.807) is 0 Å². The molecule has 0 amide bonds. The maximum atomic E-state index is 4.81. The molecule has 0 unspecified atom stereocenters. The molecule has 0 saturated heterocycles. The fourth-order valence-corrected chi connectivity index (χ4v) is 2.61. The molecule has 1 heterocycles. The summed E-state index contributed by atoms with van der Waals surface area (Å²) in [7, 11) is 0. The fourth-order valence-electron chi connectivity index (χ4n) is 2.61. The van der Waals surface area contributed by atoms with E-state index >= 15 is 0 Å². The van der Waals surface area contributed by atoms with Crippen LogP contribution in [-0.4, -0.2) is 4.98 Å². The minimum atomic E-state index is 0.643. The van der Waals surface area contributed by atoms with Crippen LogP contribution in [0.15, 0.2) is 60.7 Å². The van der Waals surface area contributed by atoms with Crippen LogP contribution >= 0.6 is 0 Å². The van der Waals surface area contributed by atoms with Crippen LogP contribution in [0.3, 0.4) is 0 Å².